The van der Waals surface area contributed by atoms with E-state index < -0.39 is 5.54 Å². The van der Waals surface area contributed by atoms with Gasteiger partial charge in [-0.25, -0.2) is 19.9 Å². The third-order valence-corrected chi connectivity index (χ3v) is 8.19. The Morgan fingerprint density at radius 2 is 1.85 bits per heavy atom. The van der Waals surface area contributed by atoms with Crippen molar-refractivity contribution in [1.29, 1.82) is 0 Å². The molecule has 0 radical (unpaired) electrons. The van der Waals surface area contributed by atoms with Crippen LogP contribution in [0.4, 0.5) is 23.1 Å². The van der Waals surface area contributed by atoms with E-state index >= 15 is 0 Å². The molecule has 210 valence electrons. The van der Waals surface area contributed by atoms with E-state index in [0.717, 1.165) is 74.3 Å². The molecule has 1 spiro atoms. The highest BCUT2D eigenvalue weighted by Crippen LogP contribution is 2.42. The van der Waals surface area contributed by atoms with Gasteiger partial charge in [-0.05, 0) is 43.5 Å². The Bertz CT molecular complexity index is 1460. The molecule has 5 heterocycles. The number of aryl methyl sites for hydroxylation is 1. The second-order valence-corrected chi connectivity index (χ2v) is 10.8. The third-order valence-electron chi connectivity index (χ3n) is 8.19. The van der Waals surface area contributed by atoms with Gasteiger partial charge in [0.2, 0.25) is 0 Å². The molecule has 3 aliphatic rings. The molecule has 2 fully saturated rings. The first kappa shape index (κ1) is 26.2. The maximum absolute atomic E-state index is 12.8. The average molecular weight is 546 g/mol. The zero-order chi connectivity index (χ0) is 27.7. The van der Waals surface area contributed by atoms with Gasteiger partial charge in [0.15, 0.2) is 11.3 Å². The fourth-order valence-corrected chi connectivity index (χ4v) is 6.14. The topological polar surface area (TPSA) is 144 Å². The number of piperazine rings is 1. The molecule has 6 rings (SSSR count). The third kappa shape index (κ3) is 5.00. The molecular weight excluding hydrogens is 510 g/mol. The second kappa shape index (κ2) is 10.9. The second-order valence-electron chi connectivity index (χ2n) is 10.8. The number of hydrogen-bond acceptors (Lipinski definition) is 10. The molecule has 2 aliphatic heterocycles. The number of aliphatic hydroxyl groups excluding tert-OH is 1. The van der Waals surface area contributed by atoms with Crippen LogP contribution in [0.5, 0.6) is 0 Å². The van der Waals surface area contributed by atoms with Crippen LogP contribution in [0.1, 0.15) is 53.7 Å². The number of pyridine rings is 2. The lowest BCUT2D eigenvalue weighted by Gasteiger charge is -2.35. The fourth-order valence-electron chi connectivity index (χ4n) is 6.14. The standard InChI is InChI=1S/C28H35N9O3/c1-19-15-24(37(40)26-25(19)27(39)34-28(26)7-3-2-4-8-28)33-23-16-22(30-18-31-23)32-21-6-5-20(17-29-21)36-11-9-35(10-12-36)13-14-38/h5-6,15-18,38,40H,2-4,7-14H2,1H3,(H,34,39)(H,29,30,31,32). The molecule has 3 aromatic heterocycles. The molecule has 0 bridgehead atoms. The lowest BCUT2D eigenvalue weighted by molar-refractivity contribution is 0.0892. The van der Waals surface area contributed by atoms with Crippen molar-refractivity contribution in [2.45, 2.75) is 44.6 Å². The van der Waals surface area contributed by atoms with Gasteiger partial charge in [-0.1, -0.05) is 19.3 Å². The lowest BCUT2D eigenvalue weighted by atomic mass is 9.79. The van der Waals surface area contributed by atoms with Crippen LogP contribution < -0.4 is 21.0 Å². The first-order chi connectivity index (χ1) is 19.5. The van der Waals surface area contributed by atoms with Crippen molar-refractivity contribution < 1.29 is 15.1 Å². The van der Waals surface area contributed by atoms with E-state index in [2.05, 4.69) is 40.4 Å². The summed E-state index contributed by atoms with van der Waals surface area (Å²) in [6.07, 6.45) is 7.96. The van der Waals surface area contributed by atoms with Gasteiger partial charge in [-0.15, -0.1) is 0 Å². The van der Waals surface area contributed by atoms with Crippen molar-refractivity contribution in [2.24, 2.45) is 4.99 Å². The zero-order valence-corrected chi connectivity index (χ0v) is 22.7. The Morgan fingerprint density at radius 1 is 1.05 bits per heavy atom. The first-order valence-electron chi connectivity index (χ1n) is 13.9. The van der Waals surface area contributed by atoms with E-state index in [9.17, 15) is 10.0 Å². The van der Waals surface area contributed by atoms with Crippen LogP contribution in [-0.4, -0.2) is 80.1 Å². The van der Waals surface area contributed by atoms with Gasteiger partial charge in [0.05, 0.1) is 35.3 Å². The van der Waals surface area contributed by atoms with E-state index in [1.54, 1.807) is 12.1 Å². The van der Waals surface area contributed by atoms with Crippen LogP contribution >= 0.6 is 0 Å². The maximum atomic E-state index is 12.8. The first-order valence-corrected chi connectivity index (χ1v) is 13.9. The van der Waals surface area contributed by atoms with E-state index in [1.165, 1.54) is 6.33 Å². The maximum Gasteiger partial charge on any atom is 0.254 e. The Kier molecular flexibility index (Phi) is 7.11. The zero-order valence-electron chi connectivity index (χ0n) is 22.7. The summed E-state index contributed by atoms with van der Waals surface area (Å²) in [5.74, 6) is 1.39. The number of amides is 1. The number of anilines is 3. The van der Waals surface area contributed by atoms with Crippen LogP contribution in [-0.2, 0) is 5.54 Å². The van der Waals surface area contributed by atoms with Crippen molar-refractivity contribution in [3.05, 3.63) is 59.1 Å². The number of carbonyl (C=O) groups is 1. The van der Waals surface area contributed by atoms with Gasteiger partial charge in [0.25, 0.3) is 5.91 Å². The number of rotatable bonds is 6. The number of carbonyl (C=O) groups excluding carboxylic acids is 1. The molecule has 3 aromatic rings. The summed E-state index contributed by atoms with van der Waals surface area (Å²) in [7, 11) is 0. The number of nitrogens with zero attached hydrogens (tertiary/aromatic N) is 7. The smallest absolute Gasteiger partial charge is 0.254 e. The number of aromatic nitrogens is 4. The van der Waals surface area contributed by atoms with Crippen molar-refractivity contribution >= 4 is 29.0 Å². The molecule has 1 amide bonds. The number of nitrogens with one attached hydrogen (secondary N) is 2. The minimum absolute atomic E-state index is 0.139. The number of β-amino-alcohol motifs (C(OH)–C–C–N with tert-alkyl or cyclic N) is 1. The van der Waals surface area contributed by atoms with E-state index in [1.807, 2.05) is 25.3 Å². The van der Waals surface area contributed by atoms with Gasteiger partial charge >= 0.3 is 0 Å². The minimum Gasteiger partial charge on any atom is -0.427 e. The quantitative estimate of drug-likeness (QED) is 0.343. The molecule has 12 heteroatoms. The summed E-state index contributed by atoms with van der Waals surface area (Å²) in [6.45, 7) is 6.39. The fraction of sp³-hybridized carbons (Fsp3) is 0.464. The molecule has 0 aromatic carbocycles. The van der Waals surface area contributed by atoms with Crippen LogP contribution in [0, 0.1) is 6.92 Å². The molecule has 4 N–H and O–H groups in total. The molecule has 0 atom stereocenters. The molecule has 40 heavy (non-hydrogen) atoms. The van der Waals surface area contributed by atoms with Crippen LogP contribution in [0.25, 0.3) is 0 Å². The van der Waals surface area contributed by atoms with E-state index in [0.29, 0.717) is 40.7 Å². The van der Waals surface area contributed by atoms with Gasteiger partial charge in [-0.2, -0.15) is 4.73 Å². The van der Waals surface area contributed by atoms with Crippen molar-refractivity contribution in [2.75, 3.05) is 49.5 Å². The summed E-state index contributed by atoms with van der Waals surface area (Å²) >= 11 is 0. The highest BCUT2D eigenvalue weighted by atomic mass is 16.5. The van der Waals surface area contributed by atoms with Crippen molar-refractivity contribution in [1.82, 2.24) is 29.9 Å². The Balaban J connectivity index is 1.21. The molecule has 12 nitrogen and oxygen atoms in total. The number of fused-ring (bicyclic) bond motifs is 2. The summed E-state index contributed by atoms with van der Waals surface area (Å²) in [5.41, 5.74) is 2.71. The Labute approximate surface area is 232 Å². The van der Waals surface area contributed by atoms with Gasteiger partial charge in [0.1, 0.15) is 18.0 Å². The molecule has 1 saturated carbocycles. The van der Waals surface area contributed by atoms with Gasteiger partial charge in [0, 0.05) is 38.8 Å². The summed E-state index contributed by atoms with van der Waals surface area (Å²) in [5, 5.41) is 26.8. The summed E-state index contributed by atoms with van der Waals surface area (Å²) < 4.78 is 1.06. The van der Waals surface area contributed by atoms with Gasteiger partial charge in [-0.3, -0.25) is 9.69 Å². The van der Waals surface area contributed by atoms with E-state index in [-0.39, 0.29) is 12.5 Å². The lowest BCUT2D eigenvalue weighted by Crippen LogP contribution is -2.47. The Morgan fingerprint density at radius 3 is 2.58 bits per heavy atom. The van der Waals surface area contributed by atoms with Crippen LogP contribution in [0.15, 0.2) is 41.8 Å². The van der Waals surface area contributed by atoms with Crippen LogP contribution in [0.3, 0.4) is 0 Å². The monoisotopic (exact) mass is 545 g/mol. The Hall–Kier alpha value is -4.03. The normalized spacial score (nSPS) is 19.1. The molecule has 1 aliphatic carbocycles. The minimum atomic E-state index is -0.557. The van der Waals surface area contributed by atoms with Crippen LogP contribution in [0.2, 0.25) is 0 Å². The van der Waals surface area contributed by atoms with E-state index in [4.69, 9.17) is 5.11 Å². The molecule has 1 saturated heterocycles. The number of hydrogen-bond donors (Lipinski definition) is 4. The highest BCUT2D eigenvalue weighted by Gasteiger charge is 2.47. The highest BCUT2D eigenvalue weighted by molar-refractivity contribution is 6.00. The SMILES string of the molecule is Cc1cc(=Nc2cc(Nc3ccc(N4CCN(CCO)CC4)cn3)ncn2)n(O)c2c1C(=O)NC21CCCCC1. The number of aliphatic hydroxyl groups is 1. The molecular formula is C28H35N9O3. The predicted octanol–water partition coefficient (Wildman–Crippen LogP) is 2.21. The summed E-state index contributed by atoms with van der Waals surface area (Å²) in [4.78, 5) is 35.1. The van der Waals surface area contributed by atoms with Crippen molar-refractivity contribution in [3.8, 4) is 0 Å². The molecule has 0 unspecified atom stereocenters. The van der Waals surface area contributed by atoms with Crippen molar-refractivity contribution in [3.63, 3.8) is 0 Å². The van der Waals surface area contributed by atoms with Gasteiger partial charge < -0.3 is 25.8 Å². The average Bonchev–Trinajstić information content (AvgIpc) is 3.24. The summed E-state index contributed by atoms with van der Waals surface area (Å²) in [6, 6.07) is 7.34. The predicted molar refractivity (Wildman–Crippen MR) is 149 cm³/mol. The largest absolute Gasteiger partial charge is 0.427 e.